The van der Waals surface area contributed by atoms with Gasteiger partial charge in [0.15, 0.2) is 9.84 Å². The minimum Gasteiger partial charge on any atom is -0.366 e. The summed E-state index contributed by atoms with van der Waals surface area (Å²) in [5, 5.41) is 6.55. The lowest BCUT2D eigenvalue weighted by atomic mass is 10.1. The first-order valence-electron chi connectivity index (χ1n) is 8.40. The van der Waals surface area contributed by atoms with E-state index in [0.717, 1.165) is 11.3 Å². The Bertz CT molecular complexity index is 845. The fourth-order valence-electron chi connectivity index (χ4n) is 2.79. The monoisotopic (exact) mass is 360 g/mol. The molecule has 2 N–H and O–H groups in total. The Hall–Kier alpha value is -2.15. The zero-order valence-corrected chi connectivity index (χ0v) is 15.6. The normalized spacial score (nSPS) is 19.6. The number of nitrogens with zero attached hydrogens (tertiary/aromatic N) is 2. The van der Waals surface area contributed by atoms with Crippen molar-refractivity contribution in [1.82, 2.24) is 9.97 Å². The molecule has 3 rings (SSSR count). The Morgan fingerprint density at radius 3 is 2.44 bits per heavy atom. The summed E-state index contributed by atoms with van der Waals surface area (Å²) < 4.78 is 23.4. The summed E-state index contributed by atoms with van der Waals surface area (Å²) >= 11 is 0. The van der Waals surface area contributed by atoms with E-state index in [1.807, 2.05) is 57.2 Å². The molecule has 6 nitrogen and oxygen atoms in total. The van der Waals surface area contributed by atoms with Gasteiger partial charge in [-0.1, -0.05) is 30.3 Å². The van der Waals surface area contributed by atoms with Crippen LogP contribution in [-0.2, 0) is 9.84 Å². The van der Waals surface area contributed by atoms with Gasteiger partial charge in [0.25, 0.3) is 0 Å². The number of hydrogen-bond donors (Lipinski definition) is 2. The number of anilines is 2. The summed E-state index contributed by atoms with van der Waals surface area (Å²) in [6, 6.07) is 11.6. The Labute approximate surface area is 149 Å². The third kappa shape index (κ3) is 4.92. The smallest absolute Gasteiger partial charge is 0.225 e. The summed E-state index contributed by atoms with van der Waals surface area (Å²) in [7, 11) is -2.94. The number of rotatable bonds is 4. The van der Waals surface area contributed by atoms with E-state index in [-0.39, 0.29) is 23.1 Å². The average Bonchev–Trinajstić information content (AvgIpc) is 2.85. The van der Waals surface area contributed by atoms with Crippen molar-refractivity contribution in [3.63, 3.8) is 0 Å². The van der Waals surface area contributed by atoms with Crippen molar-refractivity contribution < 1.29 is 8.42 Å². The molecule has 1 aromatic heterocycles. The van der Waals surface area contributed by atoms with E-state index in [4.69, 9.17) is 0 Å². The molecule has 2 heterocycles. The molecule has 2 aromatic rings. The molecular formula is C18H24N4O2S. The summed E-state index contributed by atoms with van der Waals surface area (Å²) in [4.78, 5) is 9.14. The Morgan fingerprint density at radius 1 is 1.12 bits per heavy atom. The molecule has 0 saturated carbocycles. The molecule has 0 spiro atoms. The molecule has 1 fully saturated rings. The van der Waals surface area contributed by atoms with Crippen molar-refractivity contribution in [2.75, 3.05) is 22.1 Å². The number of benzene rings is 1. The summed E-state index contributed by atoms with van der Waals surface area (Å²) in [6.07, 6.45) is 0.606. The van der Waals surface area contributed by atoms with Crippen LogP contribution >= 0.6 is 0 Å². The van der Waals surface area contributed by atoms with E-state index in [2.05, 4.69) is 20.6 Å². The molecule has 1 aliphatic rings. The maximum atomic E-state index is 11.7. The third-order valence-corrected chi connectivity index (χ3v) is 5.63. The van der Waals surface area contributed by atoms with Crippen molar-refractivity contribution >= 4 is 21.6 Å². The van der Waals surface area contributed by atoms with Gasteiger partial charge in [0.05, 0.1) is 17.2 Å². The van der Waals surface area contributed by atoms with Crippen molar-refractivity contribution in [3.8, 4) is 11.3 Å². The number of sulfone groups is 1. The maximum absolute atomic E-state index is 11.7. The fourth-order valence-corrected chi connectivity index (χ4v) is 4.46. The van der Waals surface area contributed by atoms with Gasteiger partial charge in [-0.05, 0) is 27.2 Å². The molecule has 0 radical (unpaired) electrons. The lowest BCUT2D eigenvalue weighted by molar-refractivity contribution is 0.602. The van der Waals surface area contributed by atoms with Gasteiger partial charge < -0.3 is 10.6 Å². The first kappa shape index (κ1) is 17.7. The topological polar surface area (TPSA) is 84.0 Å². The lowest BCUT2D eigenvalue weighted by Gasteiger charge is -2.22. The van der Waals surface area contributed by atoms with Gasteiger partial charge in [0.2, 0.25) is 5.95 Å². The molecule has 0 bridgehead atoms. The molecular weight excluding hydrogens is 336 g/mol. The SMILES string of the molecule is CC(C)(C)Nc1nc(NC2CCS(=O)(=O)C2)cc(-c2ccccc2)n1. The molecule has 1 saturated heterocycles. The van der Waals surface area contributed by atoms with Gasteiger partial charge in [0, 0.05) is 23.2 Å². The molecule has 1 unspecified atom stereocenters. The summed E-state index contributed by atoms with van der Waals surface area (Å²) in [6.45, 7) is 6.13. The molecule has 1 atom stereocenters. The highest BCUT2D eigenvalue weighted by Gasteiger charge is 2.28. The Kier molecular flexibility index (Phi) is 4.69. The quantitative estimate of drug-likeness (QED) is 0.872. The predicted octanol–water partition coefficient (Wildman–Crippen LogP) is 2.95. The van der Waals surface area contributed by atoms with Crippen LogP contribution in [0, 0.1) is 0 Å². The van der Waals surface area contributed by atoms with Crippen LogP contribution in [0.5, 0.6) is 0 Å². The lowest BCUT2D eigenvalue weighted by Crippen LogP contribution is -2.28. The van der Waals surface area contributed by atoms with E-state index in [1.54, 1.807) is 0 Å². The minimum absolute atomic E-state index is 0.106. The van der Waals surface area contributed by atoms with Gasteiger partial charge >= 0.3 is 0 Å². The average molecular weight is 360 g/mol. The highest BCUT2D eigenvalue weighted by molar-refractivity contribution is 7.91. The van der Waals surface area contributed by atoms with Crippen LogP contribution < -0.4 is 10.6 Å². The van der Waals surface area contributed by atoms with Crippen LogP contribution in [0.4, 0.5) is 11.8 Å². The second-order valence-corrected chi connectivity index (χ2v) is 9.68. The molecule has 7 heteroatoms. The molecule has 0 amide bonds. The Balaban J connectivity index is 1.92. The molecule has 1 aliphatic heterocycles. The van der Waals surface area contributed by atoms with E-state index in [9.17, 15) is 8.42 Å². The van der Waals surface area contributed by atoms with Crippen LogP contribution in [0.3, 0.4) is 0 Å². The van der Waals surface area contributed by atoms with Gasteiger partial charge in [-0.25, -0.2) is 13.4 Å². The van der Waals surface area contributed by atoms with Gasteiger partial charge in [0.1, 0.15) is 5.82 Å². The molecule has 1 aromatic carbocycles. The van der Waals surface area contributed by atoms with Crippen LogP contribution in [0.25, 0.3) is 11.3 Å². The number of hydrogen-bond acceptors (Lipinski definition) is 6. The van der Waals surface area contributed by atoms with E-state index >= 15 is 0 Å². The highest BCUT2D eigenvalue weighted by atomic mass is 32.2. The summed E-state index contributed by atoms with van der Waals surface area (Å²) in [5.74, 6) is 1.55. The minimum atomic E-state index is -2.94. The first-order chi connectivity index (χ1) is 11.7. The second-order valence-electron chi connectivity index (χ2n) is 7.45. The number of nitrogens with one attached hydrogen (secondary N) is 2. The predicted molar refractivity (Wildman–Crippen MR) is 102 cm³/mol. The fraction of sp³-hybridized carbons (Fsp3) is 0.444. The largest absolute Gasteiger partial charge is 0.366 e. The van der Waals surface area contributed by atoms with Crippen LogP contribution in [0.2, 0.25) is 0 Å². The van der Waals surface area contributed by atoms with E-state index in [0.29, 0.717) is 18.2 Å². The van der Waals surface area contributed by atoms with Crippen molar-refractivity contribution in [1.29, 1.82) is 0 Å². The molecule has 25 heavy (non-hydrogen) atoms. The highest BCUT2D eigenvalue weighted by Crippen LogP contribution is 2.24. The molecule has 0 aliphatic carbocycles. The van der Waals surface area contributed by atoms with Crippen LogP contribution in [0.1, 0.15) is 27.2 Å². The standard InChI is InChI=1S/C18H24N4O2S/c1-18(2,3)22-17-20-15(13-7-5-4-6-8-13)11-16(21-17)19-14-9-10-25(23,24)12-14/h4-8,11,14H,9-10,12H2,1-3H3,(H2,19,20,21,22). The summed E-state index contributed by atoms with van der Waals surface area (Å²) in [5.41, 5.74) is 1.61. The van der Waals surface area contributed by atoms with Crippen molar-refractivity contribution in [3.05, 3.63) is 36.4 Å². The van der Waals surface area contributed by atoms with Crippen LogP contribution in [0.15, 0.2) is 36.4 Å². The van der Waals surface area contributed by atoms with Crippen LogP contribution in [-0.4, -0.2) is 41.5 Å². The van der Waals surface area contributed by atoms with Gasteiger partial charge in [-0.2, -0.15) is 4.98 Å². The van der Waals surface area contributed by atoms with Crippen molar-refractivity contribution in [2.45, 2.75) is 38.8 Å². The van der Waals surface area contributed by atoms with E-state index in [1.165, 1.54) is 0 Å². The molecule has 134 valence electrons. The van der Waals surface area contributed by atoms with E-state index < -0.39 is 9.84 Å². The second kappa shape index (κ2) is 6.63. The first-order valence-corrected chi connectivity index (χ1v) is 10.2. The van der Waals surface area contributed by atoms with Crippen molar-refractivity contribution in [2.24, 2.45) is 0 Å². The Morgan fingerprint density at radius 2 is 1.84 bits per heavy atom. The van der Waals surface area contributed by atoms with Gasteiger partial charge in [-0.15, -0.1) is 0 Å². The third-order valence-electron chi connectivity index (χ3n) is 3.87. The maximum Gasteiger partial charge on any atom is 0.225 e. The zero-order valence-electron chi connectivity index (χ0n) is 14.8. The zero-order chi connectivity index (χ0) is 18.1. The van der Waals surface area contributed by atoms with Gasteiger partial charge in [-0.3, -0.25) is 0 Å². The number of aromatic nitrogens is 2.